The number of sulfonamides is 1. The molecular formula is C26H36N6O5S. The lowest BCUT2D eigenvalue weighted by Crippen LogP contribution is -2.44. The van der Waals surface area contributed by atoms with E-state index in [-0.39, 0.29) is 27.9 Å². The number of carbonyl (C=O) groups excluding carboxylic acids is 1. The van der Waals surface area contributed by atoms with Crippen LogP contribution in [0.3, 0.4) is 0 Å². The molecule has 206 valence electrons. The summed E-state index contributed by atoms with van der Waals surface area (Å²) in [4.78, 5) is 28.8. The molecular weight excluding hydrogens is 508 g/mol. The summed E-state index contributed by atoms with van der Waals surface area (Å²) in [5, 5.41) is 18.4. The number of nitrogens with zero attached hydrogens (tertiary/aromatic N) is 4. The van der Waals surface area contributed by atoms with Crippen LogP contribution in [-0.2, 0) is 10.0 Å². The first-order chi connectivity index (χ1) is 18.1. The monoisotopic (exact) mass is 544 g/mol. The van der Waals surface area contributed by atoms with Gasteiger partial charge < -0.3 is 20.4 Å². The highest BCUT2D eigenvalue weighted by Crippen LogP contribution is 2.32. The summed E-state index contributed by atoms with van der Waals surface area (Å²) in [7, 11) is -3.16. The van der Waals surface area contributed by atoms with Gasteiger partial charge in [0.25, 0.3) is 21.6 Å². The van der Waals surface area contributed by atoms with Crippen molar-refractivity contribution in [1.82, 2.24) is 14.5 Å². The number of nitro groups is 1. The maximum atomic E-state index is 13.4. The van der Waals surface area contributed by atoms with E-state index in [9.17, 15) is 23.3 Å². The van der Waals surface area contributed by atoms with E-state index in [1.807, 2.05) is 11.0 Å². The van der Waals surface area contributed by atoms with E-state index in [1.54, 1.807) is 18.2 Å². The van der Waals surface area contributed by atoms with Crippen molar-refractivity contribution in [3.05, 3.63) is 58.1 Å². The van der Waals surface area contributed by atoms with Crippen molar-refractivity contribution >= 4 is 33.0 Å². The minimum Gasteiger partial charge on any atom is -0.377 e. The molecule has 2 fully saturated rings. The molecule has 0 aliphatic carbocycles. The SMILES string of the molecule is CC(C)N1CCC(Nc2ccc(S(=O)(=O)N(C)C(=O)c3ccccc3N3CCNCC3)cc2[N+](=O)[O-])CC1. The lowest BCUT2D eigenvalue weighted by molar-refractivity contribution is -0.384. The van der Waals surface area contributed by atoms with Crippen molar-refractivity contribution in [3.63, 3.8) is 0 Å². The Bertz CT molecular complexity index is 1270. The van der Waals surface area contributed by atoms with Gasteiger partial charge in [-0.3, -0.25) is 14.9 Å². The number of nitrogens with one attached hydrogen (secondary N) is 2. The number of rotatable bonds is 8. The van der Waals surface area contributed by atoms with Crippen LogP contribution in [-0.4, -0.2) is 86.9 Å². The second kappa shape index (κ2) is 11.7. The minimum atomic E-state index is -4.34. The molecule has 2 aromatic rings. The van der Waals surface area contributed by atoms with E-state index in [1.165, 1.54) is 19.2 Å². The number of anilines is 2. The fourth-order valence-corrected chi connectivity index (χ4v) is 6.13. The first-order valence-electron chi connectivity index (χ1n) is 13.0. The molecule has 2 aromatic carbocycles. The number of hydrogen-bond donors (Lipinski definition) is 2. The van der Waals surface area contributed by atoms with Crippen LogP contribution in [0, 0.1) is 10.1 Å². The van der Waals surface area contributed by atoms with Gasteiger partial charge in [0.1, 0.15) is 5.69 Å². The molecule has 11 nitrogen and oxygen atoms in total. The molecule has 0 aromatic heterocycles. The number of likely N-dealkylation sites (tertiary alicyclic amines) is 1. The highest BCUT2D eigenvalue weighted by atomic mass is 32.2. The second-order valence-corrected chi connectivity index (χ2v) is 12.0. The molecule has 2 aliphatic heterocycles. The molecule has 0 atom stereocenters. The van der Waals surface area contributed by atoms with Crippen molar-refractivity contribution in [2.24, 2.45) is 0 Å². The van der Waals surface area contributed by atoms with Gasteiger partial charge >= 0.3 is 0 Å². The fraction of sp³-hybridized carbons (Fsp3) is 0.500. The van der Waals surface area contributed by atoms with Gasteiger partial charge in [0.2, 0.25) is 0 Å². The van der Waals surface area contributed by atoms with Crippen LogP contribution >= 0.6 is 0 Å². The Hall–Kier alpha value is -3.22. The summed E-state index contributed by atoms with van der Waals surface area (Å²) >= 11 is 0. The smallest absolute Gasteiger partial charge is 0.293 e. The van der Waals surface area contributed by atoms with E-state index >= 15 is 0 Å². The normalized spacial score (nSPS) is 17.4. The van der Waals surface area contributed by atoms with Crippen molar-refractivity contribution in [2.75, 3.05) is 56.5 Å². The second-order valence-electron chi connectivity index (χ2n) is 10.0. The zero-order valence-electron chi connectivity index (χ0n) is 22.1. The Labute approximate surface area is 224 Å². The molecule has 0 unspecified atom stereocenters. The third kappa shape index (κ3) is 5.92. The summed E-state index contributed by atoms with van der Waals surface area (Å²) in [5.41, 5.74) is 0.866. The van der Waals surface area contributed by atoms with Crippen LogP contribution in [0.2, 0.25) is 0 Å². The molecule has 38 heavy (non-hydrogen) atoms. The predicted molar refractivity (Wildman–Crippen MR) is 147 cm³/mol. The van der Waals surface area contributed by atoms with E-state index < -0.39 is 20.9 Å². The lowest BCUT2D eigenvalue weighted by atomic mass is 10.0. The van der Waals surface area contributed by atoms with Gasteiger partial charge in [-0.25, -0.2) is 12.7 Å². The average molecular weight is 545 g/mol. The van der Waals surface area contributed by atoms with Crippen LogP contribution in [0.25, 0.3) is 0 Å². The zero-order valence-corrected chi connectivity index (χ0v) is 22.9. The third-order valence-electron chi connectivity index (χ3n) is 7.32. The van der Waals surface area contributed by atoms with Crippen molar-refractivity contribution < 1.29 is 18.1 Å². The topological polar surface area (TPSA) is 128 Å². The Morgan fingerprint density at radius 3 is 2.39 bits per heavy atom. The number of piperazine rings is 1. The predicted octanol–water partition coefficient (Wildman–Crippen LogP) is 2.75. The van der Waals surface area contributed by atoms with Crippen molar-refractivity contribution in [2.45, 2.75) is 43.7 Å². The molecule has 2 heterocycles. The minimum absolute atomic E-state index is 0.0527. The number of nitro benzene ring substituents is 1. The van der Waals surface area contributed by atoms with Crippen molar-refractivity contribution in [1.29, 1.82) is 0 Å². The van der Waals surface area contributed by atoms with Gasteiger partial charge in [0, 0.05) is 70.2 Å². The number of hydrogen-bond acceptors (Lipinski definition) is 9. The van der Waals surface area contributed by atoms with Gasteiger partial charge in [-0.05, 0) is 51.0 Å². The maximum absolute atomic E-state index is 13.4. The number of piperidine rings is 1. The van der Waals surface area contributed by atoms with Crippen LogP contribution in [0.4, 0.5) is 17.1 Å². The van der Waals surface area contributed by atoms with Crippen LogP contribution < -0.4 is 15.5 Å². The summed E-state index contributed by atoms with van der Waals surface area (Å²) in [6, 6.07) is 11.2. The Kier molecular flexibility index (Phi) is 8.54. The molecule has 1 amide bonds. The number of carbonyl (C=O) groups is 1. The summed E-state index contributed by atoms with van der Waals surface area (Å²) in [6.07, 6.45) is 1.66. The lowest BCUT2D eigenvalue weighted by Gasteiger charge is -2.35. The van der Waals surface area contributed by atoms with Gasteiger partial charge in [0.15, 0.2) is 0 Å². The van der Waals surface area contributed by atoms with E-state index in [0.717, 1.165) is 45.1 Å². The molecule has 2 N–H and O–H groups in total. The van der Waals surface area contributed by atoms with Gasteiger partial charge in [-0.1, -0.05) is 12.1 Å². The molecule has 4 rings (SSSR count). The highest BCUT2D eigenvalue weighted by molar-refractivity contribution is 7.89. The van der Waals surface area contributed by atoms with E-state index in [2.05, 4.69) is 29.4 Å². The van der Waals surface area contributed by atoms with Crippen molar-refractivity contribution in [3.8, 4) is 0 Å². The summed E-state index contributed by atoms with van der Waals surface area (Å²) < 4.78 is 27.6. The highest BCUT2D eigenvalue weighted by Gasteiger charge is 2.32. The largest absolute Gasteiger partial charge is 0.377 e. The Morgan fingerprint density at radius 2 is 1.76 bits per heavy atom. The van der Waals surface area contributed by atoms with E-state index in [0.29, 0.717) is 29.1 Å². The molecule has 0 radical (unpaired) electrons. The summed E-state index contributed by atoms with van der Waals surface area (Å²) in [6.45, 7) is 8.97. The molecule has 0 spiro atoms. The summed E-state index contributed by atoms with van der Waals surface area (Å²) in [5.74, 6) is -0.694. The molecule has 0 saturated carbocycles. The number of benzene rings is 2. The molecule has 12 heteroatoms. The number of amides is 1. The Balaban J connectivity index is 1.56. The molecule has 0 bridgehead atoms. The number of para-hydroxylation sites is 1. The quantitative estimate of drug-likeness (QED) is 0.381. The van der Waals surface area contributed by atoms with E-state index in [4.69, 9.17) is 0 Å². The van der Waals surface area contributed by atoms with Crippen LogP contribution in [0.5, 0.6) is 0 Å². The van der Waals surface area contributed by atoms with Crippen LogP contribution in [0.1, 0.15) is 37.0 Å². The standard InChI is InChI=1S/C26H36N6O5S/c1-19(2)30-14-10-20(11-15-30)28-23-9-8-21(18-25(23)32(34)35)38(36,37)29(3)26(33)22-6-4-5-7-24(22)31-16-12-27-13-17-31/h4-9,18-20,27-28H,10-17H2,1-3H3. The van der Waals surface area contributed by atoms with Gasteiger partial charge in [-0.15, -0.1) is 0 Å². The first kappa shape index (κ1) is 27.8. The third-order valence-corrected chi connectivity index (χ3v) is 9.06. The molecule has 2 saturated heterocycles. The molecule has 2 aliphatic rings. The zero-order chi connectivity index (χ0) is 27.4. The maximum Gasteiger partial charge on any atom is 0.293 e. The van der Waals surface area contributed by atoms with Gasteiger partial charge in [0.05, 0.1) is 15.4 Å². The average Bonchev–Trinajstić information content (AvgIpc) is 2.93. The van der Waals surface area contributed by atoms with Crippen LogP contribution in [0.15, 0.2) is 47.4 Å². The fourth-order valence-electron chi connectivity index (χ4n) is 5.00. The van der Waals surface area contributed by atoms with Gasteiger partial charge in [-0.2, -0.15) is 0 Å². The first-order valence-corrected chi connectivity index (χ1v) is 14.4. The Morgan fingerprint density at radius 1 is 1.11 bits per heavy atom.